The number of nitrogens with zero attached hydrogens (tertiary/aromatic N) is 3. The van der Waals surface area contributed by atoms with Crippen LogP contribution in [0, 0.1) is 5.92 Å². The first-order valence-electron chi connectivity index (χ1n) is 10.1. The summed E-state index contributed by atoms with van der Waals surface area (Å²) in [5, 5.41) is 4.04. The van der Waals surface area contributed by atoms with Crippen LogP contribution in [0.2, 0.25) is 0 Å². The third kappa shape index (κ3) is 4.96. The summed E-state index contributed by atoms with van der Waals surface area (Å²) >= 11 is 0. The predicted octanol–water partition coefficient (Wildman–Crippen LogP) is 2.62. The van der Waals surface area contributed by atoms with Gasteiger partial charge in [-0.25, -0.2) is 8.42 Å². The Balaban J connectivity index is 1.38. The smallest absolute Gasteiger partial charge is 0.243 e. The van der Waals surface area contributed by atoms with Crippen molar-refractivity contribution in [3.05, 3.63) is 36.0 Å². The van der Waals surface area contributed by atoms with Crippen LogP contribution in [0.1, 0.15) is 43.3 Å². The maximum atomic E-state index is 13.1. The second kappa shape index (κ2) is 8.81. The Hall–Kier alpha value is -1.97. The highest BCUT2D eigenvalue weighted by atomic mass is 32.2. The number of hydrogen-bond donors (Lipinski definition) is 0. The molecule has 1 aromatic heterocycles. The minimum absolute atomic E-state index is 0.0993. The standard InChI is InChI=1S/C20H27N3O5S/c1-26-17-5-2-6-18(12-17)29(24,25)23-10-3-4-16(13-23)20-21-19(22-28-20)9-11-27-14-15-7-8-15/h2,5-6,12,15-16H,3-4,7-11,13-14H2,1H3. The van der Waals surface area contributed by atoms with Crippen LogP contribution in [0.3, 0.4) is 0 Å². The van der Waals surface area contributed by atoms with Gasteiger partial charge in [0.2, 0.25) is 15.9 Å². The number of benzene rings is 1. The Bertz CT molecular complexity index is 926. The number of methoxy groups -OCH3 is 1. The SMILES string of the molecule is COc1cccc(S(=O)(=O)N2CCCC(c3nc(CCOCC4CC4)no3)C2)c1. The average Bonchev–Trinajstić information content (AvgIpc) is 3.46. The molecule has 29 heavy (non-hydrogen) atoms. The van der Waals surface area contributed by atoms with Crippen molar-refractivity contribution in [3.8, 4) is 5.75 Å². The van der Waals surface area contributed by atoms with E-state index in [9.17, 15) is 8.42 Å². The van der Waals surface area contributed by atoms with Gasteiger partial charge < -0.3 is 14.0 Å². The van der Waals surface area contributed by atoms with E-state index in [1.807, 2.05) is 0 Å². The monoisotopic (exact) mass is 421 g/mol. The number of rotatable bonds is 9. The molecule has 1 saturated carbocycles. The number of piperidine rings is 1. The summed E-state index contributed by atoms with van der Waals surface area (Å²) in [5.41, 5.74) is 0. The first-order chi connectivity index (χ1) is 14.1. The van der Waals surface area contributed by atoms with Crippen molar-refractivity contribution in [2.24, 2.45) is 5.92 Å². The van der Waals surface area contributed by atoms with Gasteiger partial charge in [0.25, 0.3) is 0 Å². The van der Waals surface area contributed by atoms with Gasteiger partial charge in [0.1, 0.15) is 5.75 Å². The van der Waals surface area contributed by atoms with Gasteiger partial charge in [-0.15, -0.1) is 0 Å². The minimum atomic E-state index is -3.61. The fourth-order valence-electron chi connectivity index (χ4n) is 3.51. The van der Waals surface area contributed by atoms with Crippen LogP contribution in [0.15, 0.2) is 33.7 Å². The number of hydrogen-bond acceptors (Lipinski definition) is 7. The lowest BCUT2D eigenvalue weighted by Crippen LogP contribution is -2.39. The van der Waals surface area contributed by atoms with E-state index in [4.69, 9.17) is 14.0 Å². The van der Waals surface area contributed by atoms with Crippen molar-refractivity contribution in [1.82, 2.24) is 14.4 Å². The zero-order valence-electron chi connectivity index (χ0n) is 16.6. The van der Waals surface area contributed by atoms with E-state index < -0.39 is 10.0 Å². The lowest BCUT2D eigenvalue weighted by molar-refractivity contribution is 0.125. The van der Waals surface area contributed by atoms with E-state index in [2.05, 4.69) is 10.1 Å². The van der Waals surface area contributed by atoms with Crippen LogP contribution < -0.4 is 4.74 Å². The minimum Gasteiger partial charge on any atom is -0.497 e. The first-order valence-corrected chi connectivity index (χ1v) is 11.5. The van der Waals surface area contributed by atoms with Crippen molar-refractivity contribution in [3.63, 3.8) is 0 Å². The Morgan fingerprint density at radius 3 is 2.93 bits per heavy atom. The number of sulfonamides is 1. The molecular formula is C20H27N3O5S. The van der Waals surface area contributed by atoms with Gasteiger partial charge in [0, 0.05) is 32.2 Å². The van der Waals surface area contributed by atoms with Crippen LogP contribution >= 0.6 is 0 Å². The third-order valence-corrected chi connectivity index (χ3v) is 7.28. The topological polar surface area (TPSA) is 94.8 Å². The highest BCUT2D eigenvalue weighted by Crippen LogP contribution is 2.31. The van der Waals surface area contributed by atoms with Gasteiger partial charge >= 0.3 is 0 Å². The molecule has 0 amide bonds. The lowest BCUT2D eigenvalue weighted by Gasteiger charge is -2.30. The van der Waals surface area contributed by atoms with Crippen LogP contribution in [-0.2, 0) is 21.2 Å². The Labute approximate surface area is 171 Å². The van der Waals surface area contributed by atoms with Gasteiger partial charge in [-0.2, -0.15) is 9.29 Å². The van der Waals surface area contributed by atoms with Crippen molar-refractivity contribution < 1.29 is 22.4 Å². The molecule has 0 N–H and O–H groups in total. The lowest BCUT2D eigenvalue weighted by atomic mass is 10.00. The summed E-state index contributed by atoms with van der Waals surface area (Å²) in [6, 6.07) is 6.55. The molecule has 0 spiro atoms. The van der Waals surface area contributed by atoms with Gasteiger partial charge in [-0.05, 0) is 43.7 Å². The van der Waals surface area contributed by atoms with Crippen molar-refractivity contribution in [2.45, 2.75) is 42.9 Å². The first kappa shape index (κ1) is 20.3. The summed E-state index contributed by atoms with van der Waals surface area (Å²) in [6.45, 7) is 2.20. The summed E-state index contributed by atoms with van der Waals surface area (Å²) in [7, 11) is -2.08. The van der Waals surface area contributed by atoms with E-state index in [-0.39, 0.29) is 10.8 Å². The molecule has 2 heterocycles. The van der Waals surface area contributed by atoms with Crippen molar-refractivity contribution in [2.75, 3.05) is 33.4 Å². The van der Waals surface area contributed by atoms with Gasteiger partial charge in [-0.3, -0.25) is 0 Å². The van der Waals surface area contributed by atoms with Gasteiger partial charge in [0.05, 0.1) is 24.5 Å². The third-order valence-electron chi connectivity index (χ3n) is 5.42. The molecular weight excluding hydrogens is 394 g/mol. The molecule has 4 rings (SSSR count). The molecule has 1 atom stereocenters. The molecule has 1 aromatic carbocycles. The van der Waals surface area contributed by atoms with Crippen LogP contribution in [0.4, 0.5) is 0 Å². The normalized spacial score (nSPS) is 20.7. The molecule has 1 aliphatic carbocycles. The molecule has 0 bridgehead atoms. The molecule has 8 nitrogen and oxygen atoms in total. The van der Waals surface area contributed by atoms with Crippen molar-refractivity contribution >= 4 is 10.0 Å². The second-order valence-electron chi connectivity index (χ2n) is 7.70. The molecule has 1 unspecified atom stereocenters. The summed E-state index contributed by atoms with van der Waals surface area (Å²) in [4.78, 5) is 4.72. The molecule has 1 aliphatic heterocycles. The molecule has 9 heteroatoms. The van der Waals surface area contributed by atoms with Crippen LogP contribution in [-0.4, -0.2) is 56.3 Å². The van der Waals surface area contributed by atoms with Crippen LogP contribution in [0.25, 0.3) is 0 Å². The number of ether oxygens (including phenoxy) is 2. The molecule has 2 aromatic rings. The molecule has 158 valence electrons. The number of aromatic nitrogens is 2. The van der Waals surface area contributed by atoms with E-state index in [0.29, 0.717) is 43.6 Å². The Morgan fingerprint density at radius 2 is 2.14 bits per heavy atom. The second-order valence-corrected chi connectivity index (χ2v) is 9.64. The van der Waals surface area contributed by atoms with Crippen molar-refractivity contribution in [1.29, 1.82) is 0 Å². The van der Waals surface area contributed by atoms with Crippen LogP contribution in [0.5, 0.6) is 5.75 Å². The molecule has 2 fully saturated rings. The van der Waals surface area contributed by atoms with Gasteiger partial charge in [-0.1, -0.05) is 11.2 Å². The van der Waals surface area contributed by atoms with E-state index in [1.54, 1.807) is 24.3 Å². The maximum absolute atomic E-state index is 13.1. The summed E-state index contributed by atoms with van der Waals surface area (Å²) in [5.74, 6) is 2.27. The van der Waals surface area contributed by atoms with E-state index >= 15 is 0 Å². The van der Waals surface area contributed by atoms with E-state index in [0.717, 1.165) is 25.4 Å². The zero-order valence-corrected chi connectivity index (χ0v) is 17.4. The molecule has 0 radical (unpaired) electrons. The van der Waals surface area contributed by atoms with E-state index in [1.165, 1.54) is 24.3 Å². The molecule has 1 saturated heterocycles. The largest absolute Gasteiger partial charge is 0.497 e. The Morgan fingerprint density at radius 1 is 1.28 bits per heavy atom. The fraction of sp³-hybridized carbons (Fsp3) is 0.600. The Kier molecular flexibility index (Phi) is 6.17. The summed E-state index contributed by atoms with van der Waals surface area (Å²) in [6.07, 6.45) is 4.71. The maximum Gasteiger partial charge on any atom is 0.243 e. The predicted molar refractivity (Wildman–Crippen MR) is 105 cm³/mol. The molecule has 2 aliphatic rings. The highest BCUT2D eigenvalue weighted by Gasteiger charge is 2.33. The quantitative estimate of drug-likeness (QED) is 0.574. The highest BCUT2D eigenvalue weighted by molar-refractivity contribution is 7.89. The summed E-state index contributed by atoms with van der Waals surface area (Å²) < 4.78 is 43.8. The average molecular weight is 422 g/mol. The van der Waals surface area contributed by atoms with Gasteiger partial charge in [0.15, 0.2) is 5.82 Å². The zero-order chi connectivity index (χ0) is 20.3. The fourth-order valence-corrected chi connectivity index (χ4v) is 5.07.